The van der Waals surface area contributed by atoms with Crippen molar-refractivity contribution in [1.82, 2.24) is 0 Å². The molecular formula is C34H27F7O3. The van der Waals surface area contributed by atoms with Crippen LogP contribution in [0.4, 0.5) is 30.7 Å². The highest BCUT2D eigenvalue weighted by Crippen LogP contribution is 2.38. The van der Waals surface area contributed by atoms with Crippen molar-refractivity contribution in [2.45, 2.75) is 32.2 Å². The molecule has 1 aliphatic heterocycles. The van der Waals surface area contributed by atoms with Crippen LogP contribution in [-0.4, -0.2) is 13.2 Å². The fourth-order valence-corrected chi connectivity index (χ4v) is 4.91. The van der Waals surface area contributed by atoms with Gasteiger partial charge in [-0.05, 0) is 66.8 Å². The van der Waals surface area contributed by atoms with E-state index in [0.29, 0.717) is 60.6 Å². The molecule has 0 aliphatic carbocycles. The Morgan fingerprint density at radius 3 is 1.98 bits per heavy atom. The SMILES string of the molecule is CC=CCCC1COC(c2ccc(-c3ccc(-c4cc(F)c(C(F)(F)Oc5ccc(F)c(F)c5)c(F)c4)c(F)c3)cc2)OC1. The summed E-state index contributed by atoms with van der Waals surface area (Å²) in [6.45, 7) is 3.14. The number of allylic oxidation sites excluding steroid dienone is 2. The first-order valence-electron chi connectivity index (χ1n) is 13.8. The Labute approximate surface area is 249 Å². The molecule has 1 saturated heterocycles. The lowest BCUT2D eigenvalue weighted by Crippen LogP contribution is -2.27. The smallest absolute Gasteiger partial charge is 0.429 e. The maximum atomic E-state index is 15.2. The zero-order valence-electron chi connectivity index (χ0n) is 23.4. The molecular weight excluding hydrogens is 589 g/mol. The average Bonchev–Trinajstić information content (AvgIpc) is 2.99. The van der Waals surface area contributed by atoms with Gasteiger partial charge < -0.3 is 14.2 Å². The van der Waals surface area contributed by atoms with Gasteiger partial charge in [0.1, 0.15) is 28.8 Å². The predicted molar refractivity (Wildman–Crippen MR) is 150 cm³/mol. The molecule has 0 N–H and O–H groups in total. The summed E-state index contributed by atoms with van der Waals surface area (Å²) in [6.07, 6.45) is 0.952. The molecule has 0 bridgehead atoms. The van der Waals surface area contributed by atoms with Crippen LogP contribution in [0, 0.1) is 35.0 Å². The van der Waals surface area contributed by atoms with E-state index in [4.69, 9.17) is 9.47 Å². The van der Waals surface area contributed by atoms with E-state index in [0.717, 1.165) is 24.5 Å². The van der Waals surface area contributed by atoms with Crippen LogP contribution in [0.5, 0.6) is 5.75 Å². The molecule has 0 atom stereocenters. The first kappa shape index (κ1) is 31.3. The number of benzene rings is 4. The van der Waals surface area contributed by atoms with E-state index in [2.05, 4.69) is 10.8 Å². The van der Waals surface area contributed by atoms with Crippen LogP contribution in [0.25, 0.3) is 22.3 Å². The third kappa shape index (κ3) is 6.97. The number of alkyl halides is 2. The quantitative estimate of drug-likeness (QED) is 0.138. The lowest BCUT2D eigenvalue weighted by Gasteiger charge is -2.29. The van der Waals surface area contributed by atoms with E-state index in [-0.39, 0.29) is 11.1 Å². The van der Waals surface area contributed by atoms with E-state index in [1.165, 1.54) is 12.1 Å². The van der Waals surface area contributed by atoms with Crippen molar-refractivity contribution in [2.75, 3.05) is 13.2 Å². The number of hydrogen-bond donors (Lipinski definition) is 0. The molecule has 0 aromatic heterocycles. The molecule has 0 spiro atoms. The van der Waals surface area contributed by atoms with Gasteiger partial charge in [0.05, 0.1) is 13.2 Å². The van der Waals surface area contributed by atoms with E-state index in [9.17, 15) is 26.3 Å². The van der Waals surface area contributed by atoms with Crippen LogP contribution >= 0.6 is 0 Å². The second-order valence-electron chi connectivity index (χ2n) is 10.3. The van der Waals surface area contributed by atoms with Gasteiger partial charge in [0.25, 0.3) is 0 Å². The van der Waals surface area contributed by atoms with E-state index in [1.807, 2.05) is 13.0 Å². The largest absolute Gasteiger partial charge is 0.432 e. The van der Waals surface area contributed by atoms with Crippen LogP contribution in [0.1, 0.15) is 37.2 Å². The summed E-state index contributed by atoms with van der Waals surface area (Å²) >= 11 is 0. The standard InChI is InChI=1S/C34H27F7O3/c1-2-3-4-5-20-18-42-33(43-19-20)22-8-6-21(7-9-22)23-10-12-26(28(36)14-23)24-15-30(38)32(31(39)16-24)34(40,41)44-25-11-13-27(35)29(37)17-25/h2-3,6-17,20,33H,4-5,18-19H2,1H3. The molecule has 0 radical (unpaired) electrons. The summed E-state index contributed by atoms with van der Waals surface area (Å²) in [5.74, 6) is -7.62. The molecule has 1 aliphatic rings. The molecule has 0 saturated carbocycles. The minimum absolute atomic E-state index is 0.229. The minimum atomic E-state index is -4.59. The minimum Gasteiger partial charge on any atom is -0.429 e. The second kappa shape index (κ2) is 13.2. The summed E-state index contributed by atoms with van der Waals surface area (Å²) < 4.78 is 117. The Kier molecular flexibility index (Phi) is 9.41. The van der Waals surface area contributed by atoms with E-state index >= 15 is 4.39 Å². The fraction of sp³-hybridized carbons (Fsp3) is 0.235. The summed E-state index contributed by atoms with van der Waals surface area (Å²) in [7, 11) is 0. The van der Waals surface area contributed by atoms with E-state index in [1.54, 1.807) is 24.3 Å². The highest BCUT2D eigenvalue weighted by atomic mass is 19.3. The second-order valence-corrected chi connectivity index (χ2v) is 10.3. The Morgan fingerprint density at radius 1 is 0.727 bits per heavy atom. The van der Waals surface area contributed by atoms with E-state index < -0.39 is 52.8 Å². The van der Waals surface area contributed by atoms with Crippen LogP contribution < -0.4 is 4.74 Å². The third-order valence-electron chi connectivity index (χ3n) is 7.21. The van der Waals surface area contributed by atoms with Gasteiger partial charge in [-0.1, -0.05) is 48.6 Å². The number of ether oxygens (including phenoxy) is 3. The van der Waals surface area contributed by atoms with Crippen LogP contribution in [0.15, 0.2) is 84.9 Å². The van der Waals surface area contributed by atoms with Crippen LogP contribution in [0.2, 0.25) is 0 Å². The molecule has 0 unspecified atom stereocenters. The van der Waals surface area contributed by atoms with Crippen LogP contribution in [-0.2, 0) is 15.6 Å². The molecule has 10 heteroatoms. The Balaban J connectivity index is 1.29. The van der Waals surface area contributed by atoms with Gasteiger partial charge in [0, 0.05) is 23.1 Å². The molecule has 0 amide bonds. The average molecular weight is 617 g/mol. The van der Waals surface area contributed by atoms with Gasteiger partial charge in [-0.3, -0.25) is 0 Å². The van der Waals surface area contributed by atoms with Gasteiger partial charge in [-0.15, -0.1) is 0 Å². The van der Waals surface area contributed by atoms with Crippen molar-refractivity contribution in [3.05, 3.63) is 125 Å². The van der Waals surface area contributed by atoms with Crippen molar-refractivity contribution in [1.29, 1.82) is 0 Å². The molecule has 44 heavy (non-hydrogen) atoms. The monoisotopic (exact) mass is 616 g/mol. The predicted octanol–water partition coefficient (Wildman–Crippen LogP) is 9.86. The van der Waals surface area contributed by atoms with Crippen molar-refractivity contribution in [2.24, 2.45) is 5.92 Å². The molecule has 1 heterocycles. The first-order valence-corrected chi connectivity index (χ1v) is 13.8. The maximum Gasteiger partial charge on any atom is 0.432 e. The molecule has 230 valence electrons. The molecule has 1 fully saturated rings. The van der Waals surface area contributed by atoms with Crippen molar-refractivity contribution >= 4 is 0 Å². The first-order chi connectivity index (χ1) is 21.1. The lowest BCUT2D eigenvalue weighted by atomic mass is 9.97. The topological polar surface area (TPSA) is 27.7 Å². The van der Waals surface area contributed by atoms with Gasteiger partial charge in [-0.2, -0.15) is 8.78 Å². The number of hydrogen-bond acceptors (Lipinski definition) is 3. The van der Waals surface area contributed by atoms with Crippen molar-refractivity contribution in [3.8, 4) is 28.0 Å². The summed E-state index contributed by atoms with van der Waals surface area (Å²) in [6, 6.07) is 13.7. The Bertz CT molecular complexity index is 1620. The summed E-state index contributed by atoms with van der Waals surface area (Å²) in [5, 5.41) is 0. The third-order valence-corrected chi connectivity index (χ3v) is 7.21. The summed E-state index contributed by atoms with van der Waals surface area (Å²) in [5.41, 5.74) is -0.403. The van der Waals surface area contributed by atoms with Gasteiger partial charge in [-0.25, -0.2) is 22.0 Å². The summed E-state index contributed by atoms with van der Waals surface area (Å²) in [4.78, 5) is 0. The Morgan fingerprint density at radius 2 is 1.36 bits per heavy atom. The number of halogens is 7. The highest BCUT2D eigenvalue weighted by molar-refractivity contribution is 5.71. The zero-order valence-corrected chi connectivity index (χ0v) is 23.4. The molecule has 3 nitrogen and oxygen atoms in total. The lowest BCUT2D eigenvalue weighted by molar-refractivity contribution is -0.205. The number of rotatable bonds is 9. The van der Waals surface area contributed by atoms with Gasteiger partial charge >= 0.3 is 6.11 Å². The van der Waals surface area contributed by atoms with Gasteiger partial charge in [0.15, 0.2) is 17.9 Å². The molecule has 5 rings (SSSR count). The normalized spacial score (nSPS) is 17.3. The maximum absolute atomic E-state index is 15.2. The molecule has 4 aromatic rings. The fourth-order valence-electron chi connectivity index (χ4n) is 4.91. The highest BCUT2D eigenvalue weighted by Gasteiger charge is 2.41. The van der Waals surface area contributed by atoms with Gasteiger partial charge in [0.2, 0.25) is 0 Å². The van der Waals surface area contributed by atoms with Crippen molar-refractivity contribution in [3.63, 3.8) is 0 Å². The van der Waals surface area contributed by atoms with Crippen LogP contribution in [0.3, 0.4) is 0 Å². The Hall–Kier alpha value is -4.15. The zero-order chi connectivity index (χ0) is 31.4. The van der Waals surface area contributed by atoms with Crippen molar-refractivity contribution < 1.29 is 44.9 Å². The molecule has 4 aromatic carbocycles.